The Kier molecular flexibility index (Phi) is 3.54. The van der Waals surface area contributed by atoms with Crippen LogP contribution < -0.4 is 5.32 Å². The first kappa shape index (κ1) is 12.9. The first-order chi connectivity index (χ1) is 9.70. The van der Waals surface area contributed by atoms with Crippen LogP contribution in [0.1, 0.15) is 48.7 Å². The van der Waals surface area contributed by atoms with Crippen molar-refractivity contribution in [2.75, 3.05) is 5.32 Å². The fraction of sp³-hybridized carbons (Fsp3) is 0.500. The van der Waals surface area contributed by atoms with Gasteiger partial charge >= 0.3 is 0 Å². The number of H-pyrrole nitrogens is 1. The molecule has 1 fully saturated rings. The predicted octanol–water partition coefficient (Wildman–Crippen LogP) is 2.54. The molecule has 2 N–H and O–H groups in total. The third kappa shape index (κ3) is 2.89. The molecule has 0 radical (unpaired) electrons. The largest absolute Gasteiger partial charge is 0.361 e. The molecule has 0 aromatic carbocycles. The van der Waals surface area contributed by atoms with Crippen LogP contribution in [0.3, 0.4) is 0 Å². The number of aromatic nitrogens is 3. The lowest BCUT2D eigenvalue weighted by molar-refractivity contribution is -0.115. The van der Waals surface area contributed by atoms with Gasteiger partial charge < -0.3 is 9.84 Å². The van der Waals surface area contributed by atoms with Crippen LogP contribution in [0.15, 0.2) is 16.7 Å². The quantitative estimate of drug-likeness (QED) is 0.897. The second-order valence-electron chi connectivity index (χ2n) is 5.35. The average molecular weight is 274 g/mol. The molecule has 106 valence electrons. The third-order valence-corrected chi connectivity index (χ3v) is 3.67. The molecular formula is C14H18N4O2. The zero-order valence-corrected chi connectivity index (χ0v) is 11.5. The van der Waals surface area contributed by atoms with Crippen LogP contribution in [0.2, 0.25) is 0 Å². The first-order valence-corrected chi connectivity index (χ1v) is 6.98. The van der Waals surface area contributed by atoms with Crippen LogP contribution in [0.25, 0.3) is 0 Å². The molecule has 2 aromatic rings. The maximum atomic E-state index is 11.9. The number of aryl methyl sites for hydroxylation is 1. The van der Waals surface area contributed by atoms with Gasteiger partial charge in [0.1, 0.15) is 5.76 Å². The van der Waals surface area contributed by atoms with Gasteiger partial charge in [0, 0.05) is 23.7 Å². The van der Waals surface area contributed by atoms with Crippen LogP contribution in [0, 0.1) is 6.92 Å². The second kappa shape index (κ2) is 5.48. The molecule has 0 bridgehead atoms. The molecule has 0 unspecified atom stereocenters. The normalized spacial score (nSPS) is 15.7. The highest BCUT2D eigenvalue weighted by molar-refractivity contribution is 5.91. The minimum absolute atomic E-state index is 0.148. The minimum Gasteiger partial charge on any atom is -0.361 e. The van der Waals surface area contributed by atoms with Crippen molar-refractivity contribution in [2.24, 2.45) is 0 Å². The van der Waals surface area contributed by atoms with E-state index >= 15 is 0 Å². The van der Waals surface area contributed by atoms with E-state index in [1.165, 1.54) is 25.7 Å². The highest BCUT2D eigenvalue weighted by Crippen LogP contribution is 2.33. The topological polar surface area (TPSA) is 83.8 Å². The van der Waals surface area contributed by atoms with Gasteiger partial charge in [-0.2, -0.15) is 5.10 Å². The Bertz CT molecular complexity index is 596. The average Bonchev–Trinajstić information content (AvgIpc) is 3.10. The summed E-state index contributed by atoms with van der Waals surface area (Å²) in [7, 11) is 0. The Morgan fingerprint density at radius 1 is 1.45 bits per heavy atom. The van der Waals surface area contributed by atoms with Crippen molar-refractivity contribution < 1.29 is 9.32 Å². The third-order valence-electron chi connectivity index (χ3n) is 3.67. The van der Waals surface area contributed by atoms with Gasteiger partial charge in [0.15, 0.2) is 5.82 Å². The van der Waals surface area contributed by atoms with E-state index in [4.69, 9.17) is 4.52 Å². The molecule has 0 aliphatic heterocycles. The molecule has 1 amide bonds. The molecule has 1 saturated carbocycles. The number of hydrogen-bond acceptors (Lipinski definition) is 4. The van der Waals surface area contributed by atoms with Crippen molar-refractivity contribution in [1.82, 2.24) is 15.4 Å². The number of nitrogens with zero attached hydrogens (tertiary/aromatic N) is 2. The zero-order valence-electron chi connectivity index (χ0n) is 11.5. The van der Waals surface area contributed by atoms with Crippen LogP contribution >= 0.6 is 0 Å². The van der Waals surface area contributed by atoms with Crippen LogP contribution in [0.5, 0.6) is 0 Å². The highest BCUT2D eigenvalue weighted by atomic mass is 16.5. The Balaban J connectivity index is 1.58. The molecular weight excluding hydrogens is 256 g/mol. The van der Waals surface area contributed by atoms with Crippen molar-refractivity contribution >= 4 is 11.7 Å². The summed E-state index contributed by atoms with van der Waals surface area (Å²) in [5.74, 6) is 1.55. The fourth-order valence-electron chi connectivity index (χ4n) is 2.69. The van der Waals surface area contributed by atoms with E-state index in [1.54, 1.807) is 6.07 Å². The van der Waals surface area contributed by atoms with E-state index < -0.39 is 0 Å². The van der Waals surface area contributed by atoms with Gasteiger partial charge in [-0.05, 0) is 19.8 Å². The van der Waals surface area contributed by atoms with E-state index in [1.807, 2.05) is 13.0 Å². The molecule has 1 aliphatic carbocycles. The summed E-state index contributed by atoms with van der Waals surface area (Å²) in [5.41, 5.74) is 1.89. The van der Waals surface area contributed by atoms with Crippen molar-refractivity contribution in [3.63, 3.8) is 0 Å². The Labute approximate surface area is 116 Å². The van der Waals surface area contributed by atoms with Crippen molar-refractivity contribution in [3.05, 3.63) is 29.3 Å². The van der Waals surface area contributed by atoms with E-state index in [2.05, 4.69) is 20.7 Å². The second-order valence-corrected chi connectivity index (χ2v) is 5.35. The highest BCUT2D eigenvalue weighted by Gasteiger charge is 2.19. The Morgan fingerprint density at radius 3 is 2.95 bits per heavy atom. The van der Waals surface area contributed by atoms with E-state index in [9.17, 15) is 4.79 Å². The molecule has 2 heterocycles. The summed E-state index contributed by atoms with van der Waals surface area (Å²) >= 11 is 0. The molecule has 6 nitrogen and oxygen atoms in total. The summed E-state index contributed by atoms with van der Waals surface area (Å²) in [6.45, 7) is 1.83. The molecule has 0 saturated heterocycles. The van der Waals surface area contributed by atoms with Crippen LogP contribution in [0.4, 0.5) is 5.82 Å². The number of rotatable bonds is 4. The summed E-state index contributed by atoms with van der Waals surface area (Å²) in [6, 6.07) is 3.69. The van der Waals surface area contributed by atoms with Gasteiger partial charge in [-0.15, -0.1) is 0 Å². The maximum Gasteiger partial charge on any atom is 0.233 e. The summed E-state index contributed by atoms with van der Waals surface area (Å²) in [5, 5.41) is 13.7. The number of amides is 1. The fourth-order valence-corrected chi connectivity index (χ4v) is 2.69. The van der Waals surface area contributed by atoms with E-state index in [-0.39, 0.29) is 12.3 Å². The van der Waals surface area contributed by atoms with E-state index in [0.717, 1.165) is 11.4 Å². The van der Waals surface area contributed by atoms with Gasteiger partial charge in [0.05, 0.1) is 12.1 Å². The number of anilines is 1. The van der Waals surface area contributed by atoms with Gasteiger partial charge in [-0.1, -0.05) is 18.0 Å². The molecule has 2 aromatic heterocycles. The molecule has 0 spiro atoms. The smallest absolute Gasteiger partial charge is 0.233 e. The summed E-state index contributed by atoms with van der Waals surface area (Å²) < 4.78 is 5.02. The Morgan fingerprint density at radius 2 is 2.25 bits per heavy atom. The number of carbonyl (C=O) groups is 1. The SMILES string of the molecule is Cc1cc(CC(=O)Nc2cc(C3CCCC3)[nH]n2)on1. The standard InChI is InChI=1S/C14H18N4O2/c1-9-6-11(20-18-9)7-14(19)15-13-8-12(16-17-13)10-4-2-3-5-10/h6,8,10H,2-5,7H2,1H3,(H2,15,16,17,19). The van der Waals surface area contributed by atoms with Gasteiger partial charge in [-0.3, -0.25) is 9.89 Å². The van der Waals surface area contributed by atoms with Crippen molar-refractivity contribution in [3.8, 4) is 0 Å². The van der Waals surface area contributed by atoms with Crippen molar-refractivity contribution in [1.29, 1.82) is 0 Å². The van der Waals surface area contributed by atoms with Gasteiger partial charge in [0.2, 0.25) is 5.91 Å². The van der Waals surface area contributed by atoms with Crippen molar-refractivity contribution in [2.45, 2.75) is 44.9 Å². The lowest BCUT2D eigenvalue weighted by Gasteiger charge is -2.03. The molecule has 3 rings (SSSR count). The van der Waals surface area contributed by atoms with E-state index in [0.29, 0.717) is 17.5 Å². The maximum absolute atomic E-state index is 11.9. The predicted molar refractivity (Wildman–Crippen MR) is 73.4 cm³/mol. The first-order valence-electron chi connectivity index (χ1n) is 6.98. The molecule has 6 heteroatoms. The van der Waals surface area contributed by atoms with Gasteiger partial charge in [0.25, 0.3) is 0 Å². The number of nitrogens with one attached hydrogen (secondary N) is 2. The number of carbonyl (C=O) groups excluding carboxylic acids is 1. The minimum atomic E-state index is -0.148. The summed E-state index contributed by atoms with van der Waals surface area (Å²) in [4.78, 5) is 11.9. The number of aromatic amines is 1. The Hall–Kier alpha value is -2.11. The zero-order chi connectivity index (χ0) is 13.9. The van der Waals surface area contributed by atoms with Crippen LogP contribution in [-0.2, 0) is 11.2 Å². The molecule has 0 atom stereocenters. The molecule has 1 aliphatic rings. The lowest BCUT2D eigenvalue weighted by atomic mass is 10.0. The number of hydrogen-bond donors (Lipinski definition) is 2. The van der Waals surface area contributed by atoms with Gasteiger partial charge in [-0.25, -0.2) is 0 Å². The summed E-state index contributed by atoms with van der Waals surface area (Å²) in [6.07, 6.45) is 5.12. The monoisotopic (exact) mass is 274 g/mol. The lowest BCUT2D eigenvalue weighted by Crippen LogP contribution is -2.14. The molecule has 20 heavy (non-hydrogen) atoms. The van der Waals surface area contributed by atoms with Crippen LogP contribution in [-0.4, -0.2) is 21.3 Å².